The maximum absolute atomic E-state index is 13.5. The standard InChI is InChI=1S/C43H58F2N8O6/c1-26(2)33(50-37(54)42(6,7)52(10)39(56)58-22-20-44)35-46-24-31(48-35)29-16-12-27(13-17-29)28-14-18-30(19-15-28)32-25-47-36(49-32)34(41(3,4)5)51-38(55)43(8,9)53(11)40(57)59-23-21-45/h12-19,24-26,33-34H,20-23H2,1-11H3,(H,46,48)(H,47,49)(H,50,54)(H,51,55)/t33-,34+/m0/s1. The molecule has 0 radical (unpaired) electrons. The van der Waals surface area contributed by atoms with Gasteiger partial charge in [0.05, 0.1) is 23.5 Å². The molecular weight excluding hydrogens is 763 g/mol. The Morgan fingerprint density at radius 1 is 0.644 bits per heavy atom. The van der Waals surface area contributed by atoms with Crippen molar-refractivity contribution in [2.24, 2.45) is 11.3 Å². The molecule has 4 rings (SSSR count). The number of rotatable bonds is 16. The van der Waals surface area contributed by atoms with Crippen LogP contribution < -0.4 is 10.6 Å². The second-order valence-electron chi connectivity index (χ2n) is 16.8. The van der Waals surface area contributed by atoms with E-state index >= 15 is 0 Å². The minimum absolute atomic E-state index is 0.0456. The molecule has 0 saturated carbocycles. The molecule has 2 aromatic carbocycles. The van der Waals surface area contributed by atoms with Crippen LogP contribution in [0.15, 0.2) is 60.9 Å². The van der Waals surface area contributed by atoms with Gasteiger partial charge in [0.2, 0.25) is 11.8 Å². The number of likely N-dealkylation sites (N-methyl/N-ethyl adjacent to an activating group) is 2. The molecule has 0 spiro atoms. The van der Waals surface area contributed by atoms with Crippen LogP contribution in [-0.4, -0.2) is 105 Å². The Bertz CT molecular complexity index is 2050. The SMILES string of the molecule is CC(C)[C@H](NC(=O)C(C)(C)N(C)C(=O)OCCF)c1nc(-c2ccc(-c3ccc(-c4c[nH]c([C@@H](NC(=O)C(C)(C)N(C)C(=O)OCCF)C(C)(C)C)n4)cc3)cc2)c[nH]1. The highest BCUT2D eigenvalue weighted by Crippen LogP contribution is 2.34. The predicted octanol–water partition coefficient (Wildman–Crippen LogP) is 7.78. The van der Waals surface area contributed by atoms with Crippen LogP contribution in [0.5, 0.6) is 0 Å². The number of nitrogens with zero attached hydrogens (tertiary/aromatic N) is 4. The molecule has 2 atom stereocenters. The number of halogens is 2. The van der Waals surface area contributed by atoms with Crippen LogP contribution in [0.1, 0.15) is 86.0 Å². The third kappa shape index (κ3) is 10.8. The zero-order valence-corrected chi connectivity index (χ0v) is 35.8. The van der Waals surface area contributed by atoms with Crippen LogP contribution in [0.2, 0.25) is 0 Å². The van der Waals surface area contributed by atoms with Crippen molar-refractivity contribution in [2.75, 3.05) is 40.7 Å². The average Bonchev–Trinajstić information content (AvgIpc) is 3.90. The Labute approximate surface area is 344 Å². The van der Waals surface area contributed by atoms with Gasteiger partial charge in [0.25, 0.3) is 0 Å². The highest BCUT2D eigenvalue weighted by Gasteiger charge is 2.41. The van der Waals surface area contributed by atoms with E-state index in [0.717, 1.165) is 32.1 Å². The minimum Gasteiger partial charge on any atom is -0.447 e. The quantitative estimate of drug-likeness (QED) is 0.0887. The van der Waals surface area contributed by atoms with E-state index in [1.165, 1.54) is 14.1 Å². The Balaban J connectivity index is 1.45. The van der Waals surface area contributed by atoms with E-state index < -0.39 is 65.9 Å². The van der Waals surface area contributed by atoms with Crippen molar-refractivity contribution in [1.82, 2.24) is 40.4 Å². The van der Waals surface area contributed by atoms with Crippen LogP contribution in [0.4, 0.5) is 18.4 Å². The van der Waals surface area contributed by atoms with Gasteiger partial charge in [0.15, 0.2) is 0 Å². The molecule has 16 heteroatoms. The van der Waals surface area contributed by atoms with Gasteiger partial charge in [-0.2, -0.15) is 0 Å². The number of nitrogens with one attached hydrogen (secondary N) is 4. The predicted molar refractivity (Wildman–Crippen MR) is 221 cm³/mol. The molecule has 14 nitrogen and oxygen atoms in total. The molecular formula is C43H58F2N8O6. The molecule has 4 N–H and O–H groups in total. The zero-order valence-electron chi connectivity index (χ0n) is 35.8. The monoisotopic (exact) mass is 820 g/mol. The zero-order chi connectivity index (χ0) is 43.9. The number of hydrogen-bond donors (Lipinski definition) is 4. The summed E-state index contributed by atoms with van der Waals surface area (Å²) in [7, 11) is 2.87. The number of imidazole rings is 2. The molecule has 0 fully saturated rings. The Morgan fingerprint density at radius 2 is 1.02 bits per heavy atom. The maximum Gasteiger partial charge on any atom is 0.410 e. The Kier molecular flexibility index (Phi) is 14.7. The summed E-state index contributed by atoms with van der Waals surface area (Å²) in [6.07, 6.45) is 1.98. The molecule has 2 aromatic heterocycles. The smallest absolute Gasteiger partial charge is 0.410 e. The maximum atomic E-state index is 13.5. The highest BCUT2D eigenvalue weighted by atomic mass is 19.1. The van der Waals surface area contributed by atoms with Crippen molar-refractivity contribution in [2.45, 2.75) is 85.5 Å². The van der Waals surface area contributed by atoms with Crippen molar-refractivity contribution < 1.29 is 37.4 Å². The first-order valence-corrected chi connectivity index (χ1v) is 19.5. The first-order chi connectivity index (χ1) is 27.6. The molecule has 0 aliphatic carbocycles. The van der Waals surface area contributed by atoms with Gasteiger partial charge in [-0.1, -0.05) is 83.1 Å². The number of aromatic amines is 2. The first kappa shape index (κ1) is 45.9. The normalized spacial score (nSPS) is 13.1. The summed E-state index contributed by atoms with van der Waals surface area (Å²) in [5, 5.41) is 6.06. The van der Waals surface area contributed by atoms with E-state index in [2.05, 4.69) is 20.6 Å². The molecule has 0 aliphatic heterocycles. The average molecular weight is 821 g/mol. The number of hydrogen-bond acceptors (Lipinski definition) is 8. The molecule has 0 unspecified atom stereocenters. The number of alkyl halides is 2. The minimum atomic E-state index is -1.30. The third-order valence-electron chi connectivity index (χ3n) is 10.5. The lowest BCUT2D eigenvalue weighted by Crippen LogP contribution is -2.57. The molecule has 0 aliphatic rings. The summed E-state index contributed by atoms with van der Waals surface area (Å²) < 4.78 is 34.9. The number of benzene rings is 2. The van der Waals surface area contributed by atoms with E-state index in [0.29, 0.717) is 23.0 Å². The van der Waals surface area contributed by atoms with Crippen molar-refractivity contribution in [1.29, 1.82) is 0 Å². The number of carbonyl (C=O) groups is 4. The van der Waals surface area contributed by atoms with Gasteiger partial charge < -0.3 is 30.1 Å². The Hall–Kier alpha value is -5.80. The first-order valence-electron chi connectivity index (χ1n) is 19.5. The molecule has 2 heterocycles. The van der Waals surface area contributed by atoms with Gasteiger partial charge in [-0.3, -0.25) is 19.4 Å². The molecule has 0 bridgehead atoms. The van der Waals surface area contributed by atoms with Gasteiger partial charge in [0, 0.05) is 37.6 Å². The van der Waals surface area contributed by atoms with Crippen molar-refractivity contribution in [3.8, 4) is 33.6 Å². The largest absolute Gasteiger partial charge is 0.447 e. The van der Waals surface area contributed by atoms with Crippen LogP contribution in [-0.2, 0) is 19.1 Å². The van der Waals surface area contributed by atoms with Crippen LogP contribution in [0, 0.1) is 11.3 Å². The van der Waals surface area contributed by atoms with E-state index in [9.17, 15) is 28.0 Å². The van der Waals surface area contributed by atoms with Crippen molar-refractivity contribution in [3.63, 3.8) is 0 Å². The van der Waals surface area contributed by atoms with Crippen LogP contribution in [0.3, 0.4) is 0 Å². The van der Waals surface area contributed by atoms with Gasteiger partial charge in [0.1, 0.15) is 49.3 Å². The van der Waals surface area contributed by atoms with Crippen molar-refractivity contribution >= 4 is 24.0 Å². The fourth-order valence-electron chi connectivity index (χ4n) is 6.02. The molecule has 4 aromatic rings. The van der Waals surface area contributed by atoms with Gasteiger partial charge in [-0.05, 0) is 50.2 Å². The van der Waals surface area contributed by atoms with Gasteiger partial charge in [-0.15, -0.1) is 0 Å². The fourth-order valence-corrected chi connectivity index (χ4v) is 6.02. The summed E-state index contributed by atoms with van der Waals surface area (Å²) >= 11 is 0. The third-order valence-corrected chi connectivity index (χ3v) is 10.5. The molecule has 320 valence electrons. The lowest BCUT2D eigenvalue weighted by molar-refractivity contribution is -0.132. The summed E-state index contributed by atoms with van der Waals surface area (Å²) in [5.41, 5.74) is 2.05. The number of ether oxygens (including phenoxy) is 2. The second-order valence-corrected chi connectivity index (χ2v) is 16.8. The number of carbonyl (C=O) groups excluding carboxylic acids is 4. The number of H-pyrrole nitrogens is 2. The number of amides is 4. The molecule has 0 saturated heterocycles. The van der Waals surface area contributed by atoms with E-state index in [-0.39, 0.29) is 19.1 Å². The lowest BCUT2D eigenvalue weighted by Gasteiger charge is -2.37. The molecule has 59 heavy (non-hydrogen) atoms. The van der Waals surface area contributed by atoms with Crippen LogP contribution >= 0.6 is 0 Å². The number of aromatic nitrogens is 4. The Morgan fingerprint density at radius 3 is 1.41 bits per heavy atom. The van der Waals surface area contributed by atoms with E-state index in [1.807, 2.05) is 83.1 Å². The topological polar surface area (TPSA) is 175 Å². The van der Waals surface area contributed by atoms with Gasteiger partial charge >= 0.3 is 12.2 Å². The highest BCUT2D eigenvalue weighted by molar-refractivity contribution is 5.90. The van der Waals surface area contributed by atoms with E-state index in [1.54, 1.807) is 40.1 Å². The summed E-state index contributed by atoms with van der Waals surface area (Å²) in [4.78, 5) is 70.0. The molecule has 4 amide bonds. The lowest BCUT2D eigenvalue weighted by atomic mass is 9.85. The summed E-state index contributed by atoms with van der Waals surface area (Å²) in [6.45, 7) is 13.8. The fraction of sp³-hybridized carbons (Fsp3) is 0.488. The summed E-state index contributed by atoms with van der Waals surface area (Å²) in [6, 6.07) is 14.9. The van der Waals surface area contributed by atoms with E-state index in [4.69, 9.17) is 19.4 Å². The van der Waals surface area contributed by atoms with Gasteiger partial charge in [-0.25, -0.2) is 28.3 Å². The van der Waals surface area contributed by atoms with Crippen molar-refractivity contribution in [3.05, 3.63) is 72.6 Å². The summed E-state index contributed by atoms with van der Waals surface area (Å²) in [5.74, 6) is 0.217. The van der Waals surface area contributed by atoms with Crippen LogP contribution in [0.25, 0.3) is 33.6 Å². The second kappa shape index (κ2) is 18.9.